The molecule has 0 saturated carbocycles. The Hall–Kier alpha value is -1.80. The number of carbonyl (C=O) groups is 1. The molecular weight excluding hydrogens is 270 g/mol. The molecule has 0 aliphatic rings. The number of nitrogens with one attached hydrogen (secondary N) is 1. The Bertz CT molecular complexity index is 568. The number of hydrogen-bond donors (Lipinski definition) is 1. The summed E-state index contributed by atoms with van der Waals surface area (Å²) in [5, 5.41) is 3.63. The lowest BCUT2D eigenvalue weighted by atomic mass is 10.0. The topological polar surface area (TPSA) is 29.1 Å². The number of halogens is 1. The number of amides is 1. The zero-order valence-corrected chi connectivity index (χ0v) is 12.2. The number of benzene rings is 2. The van der Waals surface area contributed by atoms with Crippen molar-refractivity contribution < 1.29 is 4.79 Å². The smallest absolute Gasteiger partial charge is 0.224 e. The highest BCUT2D eigenvalue weighted by Crippen LogP contribution is 2.14. The van der Waals surface area contributed by atoms with Crippen molar-refractivity contribution in [2.24, 2.45) is 0 Å². The predicted molar refractivity (Wildman–Crippen MR) is 83.0 cm³/mol. The van der Waals surface area contributed by atoms with Crippen LogP contribution in [0.5, 0.6) is 0 Å². The van der Waals surface area contributed by atoms with Gasteiger partial charge in [-0.25, -0.2) is 0 Å². The summed E-state index contributed by atoms with van der Waals surface area (Å²) >= 11 is 5.90. The first-order valence-electron chi connectivity index (χ1n) is 6.71. The summed E-state index contributed by atoms with van der Waals surface area (Å²) < 4.78 is 0. The van der Waals surface area contributed by atoms with Gasteiger partial charge in [0.2, 0.25) is 5.91 Å². The fraction of sp³-hybridized carbons (Fsp3) is 0.235. The zero-order valence-electron chi connectivity index (χ0n) is 11.5. The molecule has 1 N–H and O–H groups in total. The first kappa shape index (κ1) is 14.6. The van der Waals surface area contributed by atoms with Crippen molar-refractivity contribution in [2.75, 3.05) is 6.54 Å². The average molecular weight is 288 g/mol. The van der Waals surface area contributed by atoms with Gasteiger partial charge in [-0.1, -0.05) is 61.0 Å². The molecule has 0 unspecified atom stereocenters. The monoisotopic (exact) mass is 287 g/mol. The summed E-state index contributed by atoms with van der Waals surface area (Å²) in [7, 11) is 0. The van der Waals surface area contributed by atoms with Crippen LogP contribution in [0.15, 0.2) is 54.6 Å². The first-order valence-corrected chi connectivity index (χ1v) is 7.09. The molecule has 2 aromatic rings. The maximum atomic E-state index is 11.9. The van der Waals surface area contributed by atoms with Crippen LogP contribution in [0.1, 0.15) is 24.0 Å². The van der Waals surface area contributed by atoms with Crippen molar-refractivity contribution in [3.8, 4) is 0 Å². The molecule has 0 aliphatic heterocycles. The van der Waals surface area contributed by atoms with E-state index in [9.17, 15) is 4.79 Å². The Morgan fingerprint density at radius 3 is 2.60 bits per heavy atom. The quantitative estimate of drug-likeness (QED) is 0.890. The van der Waals surface area contributed by atoms with Gasteiger partial charge in [0.05, 0.1) is 6.42 Å². The maximum absolute atomic E-state index is 11.9. The summed E-state index contributed by atoms with van der Waals surface area (Å²) in [6.07, 6.45) is 0.363. The van der Waals surface area contributed by atoms with E-state index in [0.29, 0.717) is 23.9 Å². The summed E-state index contributed by atoms with van der Waals surface area (Å²) in [5.74, 6) is 0.328. The highest BCUT2D eigenvalue weighted by Gasteiger charge is 2.08. The molecule has 0 spiro atoms. The van der Waals surface area contributed by atoms with Gasteiger partial charge in [-0.2, -0.15) is 0 Å². The van der Waals surface area contributed by atoms with Crippen molar-refractivity contribution in [3.05, 3.63) is 70.7 Å². The minimum absolute atomic E-state index is 0.0232. The zero-order chi connectivity index (χ0) is 14.4. The highest BCUT2D eigenvalue weighted by atomic mass is 35.5. The van der Waals surface area contributed by atoms with E-state index in [4.69, 9.17) is 11.6 Å². The van der Waals surface area contributed by atoms with Crippen molar-refractivity contribution in [1.82, 2.24) is 5.32 Å². The average Bonchev–Trinajstić information content (AvgIpc) is 2.46. The SMILES string of the molecule is C[C@H](CNC(=O)Cc1cccc(Cl)c1)c1ccccc1. The van der Waals surface area contributed by atoms with Crippen LogP contribution in [0.3, 0.4) is 0 Å². The lowest BCUT2D eigenvalue weighted by molar-refractivity contribution is -0.120. The van der Waals surface area contributed by atoms with Crippen LogP contribution in [0.2, 0.25) is 5.02 Å². The van der Waals surface area contributed by atoms with E-state index in [0.717, 1.165) is 5.56 Å². The van der Waals surface area contributed by atoms with Gasteiger partial charge in [-0.15, -0.1) is 0 Å². The second kappa shape index (κ2) is 7.11. The summed E-state index contributed by atoms with van der Waals surface area (Å²) in [6.45, 7) is 2.75. The Kier molecular flexibility index (Phi) is 5.19. The number of rotatable bonds is 5. The largest absolute Gasteiger partial charge is 0.355 e. The molecular formula is C17H18ClNO. The van der Waals surface area contributed by atoms with Gasteiger partial charge in [0.15, 0.2) is 0 Å². The molecule has 0 radical (unpaired) electrons. The van der Waals surface area contributed by atoms with Crippen molar-refractivity contribution >= 4 is 17.5 Å². The Labute approximate surface area is 124 Å². The third kappa shape index (κ3) is 4.39. The summed E-state index contributed by atoms with van der Waals surface area (Å²) in [4.78, 5) is 11.9. The van der Waals surface area contributed by atoms with E-state index in [-0.39, 0.29) is 5.91 Å². The second-order valence-electron chi connectivity index (χ2n) is 4.92. The van der Waals surface area contributed by atoms with Crippen molar-refractivity contribution in [1.29, 1.82) is 0 Å². The summed E-state index contributed by atoms with van der Waals surface area (Å²) in [6, 6.07) is 17.6. The molecule has 2 nitrogen and oxygen atoms in total. The van der Waals surface area contributed by atoms with Crippen LogP contribution in [0.25, 0.3) is 0 Å². The minimum Gasteiger partial charge on any atom is -0.355 e. The fourth-order valence-electron chi connectivity index (χ4n) is 2.06. The lowest BCUT2D eigenvalue weighted by Gasteiger charge is -2.13. The molecule has 2 aromatic carbocycles. The molecule has 104 valence electrons. The van der Waals surface area contributed by atoms with Gasteiger partial charge in [-0.05, 0) is 29.2 Å². The molecule has 0 aliphatic carbocycles. The van der Waals surface area contributed by atoms with E-state index in [1.807, 2.05) is 36.4 Å². The number of carbonyl (C=O) groups excluding carboxylic acids is 1. The van der Waals surface area contributed by atoms with Gasteiger partial charge in [-0.3, -0.25) is 4.79 Å². The minimum atomic E-state index is 0.0232. The van der Waals surface area contributed by atoms with Gasteiger partial charge in [0, 0.05) is 11.6 Å². The van der Waals surface area contributed by atoms with Gasteiger partial charge < -0.3 is 5.32 Å². The first-order chi connectivity index (χ1) is 9.65. The van der Waals surface area contributed by atoms with Crippen molar-refractivity contribution in [3.63, 3.8) is 0 Å². The molecule has 0 fully saturated rings. The number of hydrogen-bond acceptors (Lipinski definition) is 1. The highest BCUT2D eigenvalue weighted by molar-refractivity contribution is 6.30. The van der Waals surface area contributed by atoms with E-state index >= 15 is 0 Å². The normalized spacial score (nSPS) is 11.9. The Balaban J connectivity index is 1.83. The molecule has 0 saturated heterocycles. The second-order valence-corrected chi connectivity index (χ2v) is 5.36. The maximum Gasteiger partial charge on any atom is 0.224 e. The van der Waals surface area contributed by atoms with E-state index in [2.05, 4.69) is 24.4 Å². The van der Waals surface area contributed by atoms with Crippen molar-refractivity contribution in [2.45, 2.75) is 19.3 Å². The Morgan fingerprint density at radius 1 is 1.15 bits per heavy atom. The van der Waals surface area contributed by atoms with Crippen LogP contribution in [-0.2, 0) is 11.2 Å². The fourth-order valence-corrected chi connectivity index (χ4v) is 2.27. The van der Waals surface area contributed by atoms with E-state index in [1.54, 1.807) is 6.07 Å². The van der Waals surface area contributed by atoms with Gasteiger partial charge >= 0.3 is 0 Å². The molecule has 1 atom stereocenters. The van der Waals surface area contributed by atoms with E-state index in [1.165, 1.54) is 5.56 Å². The molecule has 1 amide bonds. The van der Waals surface area contributed by atoms with Gasteiger partial charge in [0.25, 0.3) is 0 Å². The molecule has 0 bridgehead atoms. The molecule has 2 rings (SSSR count). The van der Waals surface area contributed by atoms with Crippen LogP contribution < -0.4 is 5.32 Å². The van der Waals surface area contributed by atoms with Crippen LogP contribution in [0, 0.1) is 0 Å². The molecule has 20 heavy (non-hydrogen) atoms. The molecule has 0 heterocycles. The van der Waals surface area contributed by atoms with Crippen LogP contribution in [0.4, 0.5) is 0 Å². The third-order valence-electron chi connectivity index (χ3n) is 3.23. The lowest BCUT2D eigenvalue weighted by Crippen LogP contribution is -2.28. The predicted octanol–water partition coefficient (Wildman–Crippen LogP) is 3.80. The van der Waals surface area contributed by atoms with Crippen LogP contribution in [-0.4, -0.2) is 12.5 Å². The molecule has 3 heteroatoms. The van der Waals surface area contributed by atoms with Crippen LogP contribution >= 0.6 is 11.6 Å². The standard InChI is InChI=1S/C17H18ClNO/c1-13(15-7-3-2-4-8-15)12-19-17(20)11-14-6-5-9-16(18)10-14/h2-10,13H,11-12H2,1H3,(H,19,20)/t13-/m1/s1. The third-order valence-corrected chi connectivity index (χ3v) is 3.46. The van der Waals surface area contributed by atoms with Gasteiger partial charge in [0.1, 0.15) is 0 Å². The van der Waals surface area contributed by atoms with E-state index < -0.39 is 0 Å². The Morgan fingerprint density at radius 2 is 1.90 bits per heavy atom. The molecule has 0 aromatic heterocycles. The summed E-state index contributed by atoms with van der Waals surface area (Å²) in [5.41, 5.74) is 2.16.